The molecule has 0 spiro atoms. The SMILES string of the molecule is O=C(F)C1CC=CCCC1. The molecule has 0 bridgehead atoms. The Morgan fingerprint density at radius 3 is 3.00 bits per heavy atom. The minimum atomic E-state index is -1.15. The zero-order valence-corrected chi connectivity index (χ0v) is 5.85. The Morgan fingerprint density at radius 1 is 1.50 bits per heavy atom. The van der Waals surface area contributed by atoms with Gasteiger partial charge >= 0.3 is 6.04 Å². The highest BCUT2D eigenvalue weighted by atomic mass is 19.1. The number of hydrogen-bond donors (Lipinski definition) is 0. The van der Waals surface area contributed by atoms with Gasteiger partial charge in [0.1, 0.15) is 0 Å². The van der Waals surface area contributed by atoms with E-state index >= 15 is 0 Å². The van der Waals surface area contributed by atoms with Crippen LogP contribution in [0.5, 0.6) is 0 Å². The number of allylic oxidation sites excluding steroid dienone is 2. The molecule has 0 heterocycles. The van der Waals surface area contributed by atoms with E-state index in [-0.39, 0.29) is 5.92 Å². The molecule has 0 aromatic heterocycles. The molecule has 0 N–H and O–H groups in total. The van der Waals surface area contributed by atoms with Crippen molar-refractivity contribution in [1.29, 1.82) is 0 Å². The van der Waals surface area contributed by atoms with Gasteiger partial charge in [-0.15, -0.1) is 0 Å². The molecule has 1 rings (SSSR count). The lowest BCUT2D eigenvalue weighted by molar-refractivity contribution is -0.133. The highest BCUT2D eigenvalue weighted by Gasteiger charge is 2.16. The van der Waals surface area contributed by atoms with E-state index in [0.29, 0.717) is 12.8 Å². The van der Waals surface area contributed by atoms with E-state index < -0.39 is 6.04 Å². The fourth-order valence-corrected chi connectivity index (χ4v) is 1.18. The molecule has 1 unspecified atom stereocenters. The third-order valence-electron chi connectivity index (χ3n) is 1.83. The predicted molar refractivity (Wildman–Crippen MR) is 37.2 cm³/mol. The van der Waals surface area contributed by atoms with Crippen molar-refractivity contribution in [3.8, 4) is 0 Å². The van der Waals surface area contributed by atoms with Crippen LogP contribution in [0.4, 0.5) is 4.39 Å². The topological polar surface area (TPSA) is 17.1 Å². The molecule has 1 aliphatic rings. The Bertz CT molecular complexity index is 151. The number of hydrogen-bond acceptors (Lipinski definition) is 1. The molecular formula is C8H11FO. The van der Waals surface area contributed by atoms with Crippen molar-refractivity contribution >= 4 is 6.04 Å². The van der Waals surface area contributed by atoms with E-state index in [1.165, 1.54) is 0 Å². The monoisotopic (exact) mass is 142 g/mol. The van der Waals surface area contributed by atoms with Crippen molar-refractivity contribution in [2.45, 2.75) is 25.7 Å². The Hall–Kier alpha value is -0.660. The normalized spacial score (nSPS) is 25.9. The lowest BCUT2D eigenvalue weighted by atomic mass is 10.0. The first-order chi connectivity index (χ1) is 4.80. The molecule has 1 atom stereocenters. The van der Waals surface area contributed by atoms with Crippen molar-refractivity contribution in [3.05, 3.63) is 12.2 Å². The highest BCUT2D eigenvalue weighted by molar-refractivity contribution is 5.71. The molecule has 0 saturated heterocycles. The van der Waals surface area contributed by atoms with E-state index in [4.69, 9.17) is 0 Å². The molecule has 10 heavy (non-hydrogen) atoms. The second-order valence-corrected chi connectivity index (χ2v) is 2.64. The molecule has 1 nitrogen and oxygen atoms in total. The maximum absolute atomic E-state index is 12.1. The number of rotatable bonds is 1. The number of carbonyl (C=O) groups excluding carboxylic acids is 1. The van der Waals surface area contributed by atoms with Gasteiger partial charge < -0.3 is 0 Å². The van der Waals surface area contributed by atoms with Crippen LogP contribution in [0.2, 0.25) is 0 Å². The lowest BCUT2D eigenvalue weighted by Crippen LogP contribution is -2.07. The fraction of sp³-hybridized carbons (Fsp3) is 0.625. The van der Waals surface area contributed by atoms with Gasteiger partial charge in [-0.05, 0) is 25.7 Å². The van der Waals surface area contributed by atoms with Gasteiger partial charge in [0.2, 0.25) is 0 Å². The van der Waals surface area contributed by atoms with Crippen LogP contribution >= 0.6 is 0 Å². The summed E-state index contributed by atoms with van der Waals surface area (Å²) in [5.74, 6) is -0.348. The van der Waals surface area contributed by atoms with Gasteiger partial charge in [0.05, 0.1) is 5.92 Å². The Morgan fingerprint density at radius 2 is 2.30 bits per heavy atom. The van der Waals surface area contributed by atoms with Crippen LogP contribution < -0.4 is 0 Å². The second-order valence-electron chi connectivity index (χ2n) is 2.64. The van der Waals surface area contributed by atoms with Crippen LogP contribution in [0.15, 0.2) is 12.2 Å². The molecule has 0 aliphatic heterocycles. The summed E-state index contributed by atoms with van der Waals surface area (Å²) in [5.41, 5.74) is 0. The average Bonchev–Trinajstić information content (AvgIpc) is 2.12. The average molecular weight is 142 g/mol. The summed E-state index contributed by atoms with van der Waals surface area (Å²) < 4.78 is 12.1. The van der Waals surface area contributed by atoms with Crippen molar-refractivity contribution in [2.24, 2.45) is 5.92 Å². The van der Waals surface area contributed by atoms with Gasteiger partial charge in [-0.25, -0.2) is 0 Å². The Balaban J connectivity index is 2.45. The summed E-state index contributed by atoms with van der Waals surface area (Å²) in [6.45, 7) is 0. The summed E-state index contributed by atoms with van der Waals surface area (Å²) >= 11 is 0. The molecule has 0 saturated carbocycles. The third kappa shape index (κ3) is 1.94. The predicted octanol–water partition coefficient (Wildman–Crippen LogP) is 2.23. The summed E-state index contributed by atoms with van der Waals surface area (Å²) in [5, 5.41) is 0. The molecule has 2 heteroatoms. The highest BCUT2D eigenvalue weighted by Crippen LogP contribution is 2.18. The zero-order chi connectivity index (χ0) is 7.40. The van der Waals surface area contributed by atoms with Crippen LogP contribution in [0.1, 0.15) is 25.7 Å². The van der Waals surface area contributed by atoms with Crippen molar-refractivity contribution in [1.82, 2.24) is 0 Å². The minimum Gasteiger partial charge on any atom is -0.261 e. The fourth-order valence-electron chi connectivity index (χ4n) is 1.18. The summed E-state index contributed by atoms with van der Waals surface area (Å²) in [7, 11) is 0. The first-order valence-corrected chi connectivity index (χ1v) is 3.65. The van der Waals surface area contributed by atoms with Gasteiger partial charge in [-0.1, -0.05) is 12.2 Å². The quantitative estimate of drug-likeness (QED) is 0.405. The molecule has 0 radical (unpaired) electrons. The first-order valence-electron chi connectivity index (χ1n) is 3.65. The van der Waals surface area contributed by atoms with Gasteiger partial charge in [0.15, 0.2) is 0 Å². The maximum Gasteiger partial charge on any atom is 0.304 e. The van der Waals surface area contributed by atoms with E-state index in [1.807, 2.05) is 12.2 Å². The molecule has 1 aliphatic carbocycles. The van der Waals surface area contributed by atoms with Gasteiger partial charge in [0, 0.05) is 0 Å². The summed E-state index contributed by atoms with van der Waals surface area (Å²) in [4.78, 5) is 10.3. The third-order valence-corrected chi connectivity index (χ3v) is 1.83. The molecular weight excluding hydrogens is 131 g/mol. The van der Waals surface area contributed by atoms with Gasteiger partial charge in [-0.2, -0.15) is 4.39 Å². The van der Waals surface area contributed by atoms with Crippen LogP contribution in [0, 0.1) is 5.92 Å². The minimum absolute atomic E-state index is 0.348. The molecule has 0 amide bonds. The zero-order valence-electron chi connectivity index (χ0n) is 5.85. The molecule has 56 valence electrons. The lowest BCUT2D eigenvalue weighted by Gasteiger charge is -2.03. The van der Waals surface area contributed by atoms with Crippen molar-refractivity contribution in [3.63, 3.8) is 0 Å². The smallest absolute Gasteiger partial charge is 0.261 e. The maximum atomic E-state index is 12.1. The van der Waals surface area contributed by atoms with Crippen LogP contribution in [0.25, 0.3) is 0 Å². The second kappa shape index (κ2) is 3.49. The number of halogens is 1. The van der Waals surface area contributed by atoms with E-state index in [0.717, 1.165) is 12.8 Å². The van der Waals surface area contributed by atoms with Crippen molar-refractivity contribution in [2.75, 3.05) is 0 Å². The largest absolute Gasteiger partial charge is 0.304 e. The van der Waals surface area contributed by atoms with Crippen LogP contribution in [0.3, 0.4) is 0 Å². The molecule has 0 aromatic rings. The number of carbonyl (C=O) groups is 1. The van der Waals surface area contributed by atoms with Crippen LogP contribution in [-0.2, 0) is 4.79 Å². The van der Waals surface area contributed by atoms with E-state index in [1.54, 1.807) is 0 Å². The van der Waals surface area contributed by atoms with Gasteiger partial charge in [0.25, 0.3) is 0 Å². The molecule has 0 fully saturated rings. The van der Waals surface area contributed by atoms with E-state index in [9.17, 15) is 9.18 Å². The summed E-state index contributed by atoms with van der Waals surface area (Å²) in [6.07, 6.45) is 7.15. The Kier molecular flexibility index (Phi) is 2.60. The standard InChI is InChI=1S/C8H11FO/c9-8(10)7-5-3-1-2-4-6-7/h1,3,7H,2,4-6H2. The Labute approximate surface area is 59.9 Å². The van der Waals surface area contributed by atoms with Crippen LogP contribution in [-0.4, -0.2) is 6.04 Å². The first kappa shape index (κ1) is 7.45. The van der Waals surface area contributed by atoms with Crippen molar-refractivity contribution < 1.29 is 9.18 Å². The summed E-state index contributed by atoms with van der Waals surface area (Å²) in [6, 6.07) is -1.15. The van der Waals surface area contributed by atoms with Gasteiger partial charge in [-0.3, -0.25) is 4.79 Å². The molecule has 0 aromatic carbocycles. The van der Waals surface area contributed by atoms with E-state index in [2.05, 4.69) is 0 Å².